The van der Waals surface area contributed by atoms with Crippen LogP contribution in [0.5, 0.6) is 0 Å². The fourth-order valence-electron chi connectivity index (χ4n) is 1.92. The van der Waals surface area contributed by atoms with Crippen LogP contribution in [0.25, 0.3) is 0 Å². The van der Waals surface area contributed by atoms with Gasteiger partial charge in [-0.15, -0.1) is 0 Å². The maximum absolute atomic E-state index is 12.1. The lowest BCUT2D eigenvalue weighted by Gasteiger charge is -2.33. The van der Waals surface area contributed by atoms with Crippen molar-refractivity contribution in [2.75, 3.05) is 51.7 Å². The molecule has 6 nitrogen and oxygen atoms in total. The number of hydrogen-bond donors (Lipinski definition) is 0. The Balaban J connectivity index is 1.87. The lowest BCUT2D eigenvalue weighted by atomic mass is 10.3. The van der Waals surface area contributed by atoms with Crippen LogP contribution in [0.3, 0.4) is 0 Å². The van der Waals surface area contributed by atoms with Gasteiger partial charge in [0.15, 0.2) is 0 Å². The third kappa shape index (κ3) is 3.16. The minimum Gasteiger partial charge on any atom is -0.339 e. The molecular formula is C12H19N5O. The van der Waals surface area contributed by atoms with Crippen molar-refractivity contribution in [1.82, 2.24) is 19.8 Å². The molecule has 2 heterocycles. The Bertz CT molecular complexity index is 389. The number of amides is 1. The van der Waals surface area contributed by atoms with E-state index < -0.39 is 0 Å². The molecule has 0 spiro atoms. The maximum atomic E-state index is 12.1. The number of hydrogen-bond acceptors (Lipinski definition) is 5. The maximum Gasteiger partial charge on any atom is 0.242 e. The first-order valence-corrected chi connectivity index (χ1v) is 6.11. The molecule has 1 aliphatic heterocycles. The van der Waals surface area contributed by atoms with E-state index in [2.05, 4.69) is 21.9 Å². The van der Waals surface area contributed by atoms with Gasteiger partial charge in [-0.1, -0.05) is 0 Å². The van der Waals surface area contributed by atoms with Gasteiger partial charge in [-0.2, -0.15) is 0 Å². The summed E-state index contributed by atoms with van der Waals surface area (Å²) in [5.74, 6) is 0.720. The number of nitrogens with zero attached hydrogens (tertiary/aromatic N) is 5. The second-order valence-corrected chi connectivity index (χ2v) is 4.59. The van der Waals surface area contributed by atoms with Gasteiger partial charge in [0.05, 0.1) is 6.54 Å². The van der Waals surface area contributed by atoms with Crippen molar-refractivity contribution in [3.8, 4) is 0 Å². The molecule has 98 valence electrons. The summed E-state index contributed by atoms with van der Waals surface area (Å²) in [6.07, 6.45) is 3.36. The number of piperazine rings is 1. The van der Waals surface area contributed by atoms with E-state index in [1.807, 2.05) is 11.9 Å². The number of aromatic nitrogens is 2. The van der Waals surface area contributed by atoms with Crippen molar-refractivity contribution >= 4 is 11.9 Å². The summed E-state index contributed by atoms with van der Waals surface area (Å²) in [5, 5.41) is 0. The lowest BCUT2D eigenvalue weighted by molar-refractivity contribution is -0.131. The topological polar surface area (TPSA) is 52.6 Å². The molecule has 1 fully saturated rings. The van der Waals surface area contributed by atoms with E-state index >= 15 is 0 Å². The van der Waals surface area contributed by atoms with Crippen LogP contribution in [0.1, 0.15) is 0 Å². The molecule has 0 aromatic carbocycles. The number of anilines is 1. The number of carbonyl (C=O) groups is 1. The number of likely N-dealkylation sites (N-methyl/N-ethyl adjacent to an activating group) is 2. The van der Waals surface area contributed by atoms with Gasteiger partial charge in [-0.3, -0.25) is 4.79 Å². The Morgan fingerprint density at radius 1 is 1.28 bits per heavy atom. The first-order valence-electron chi connectivity index (χ1n) is 6.11. The van der Waals surface area contributed by atoms with Crippen LogP contribution in [0.2, 0.25) is 0 Å². The minimum absolute atomic E-state index is 0.137. The standard InChI is InChI=1S/C12H19N5O/c1-15-6-8-17(9-7-15)11(18)10-16(2)12-13-4-3-5-14-12/h3-5H,6-10H2,1-2H3. The quantitative estimate of drug-likeness (QED) is 0.735. The van der Waals surface area contributed by atoms with Crippen LogP contribution in [-0.4, -0.2) is 72.5 Å². The molecular weight excluding hydrogens is 230 g/mol. The van der Waals surface area contributed by atoms with Gasteiger partial charge in [0.1, 0.15) is 0 Å². The Labute approximate surface area is 107 Å². The molecule has 18 heavy (non-hydrogen) atoms. The van der Waals surface area contributed by atoms with Crippen LogP contribution >= 0.6 is 0 Å². The highest BCUT2D eigenvalue weighted by atomic mass is 16.2. The fraction of sp³-hybridized carbons (Fsp3) is 0.583. The van der Waals surface area contributed by atoms with Gasteiger partial charge < -0.3 is 14.7 Å². The van der Waals surface area contributed by atoms with Crippen LogP contribution in [-0.2, 0) is 4.79 Å². The van der Waals surface area contributed by atoms with Gasteiger partial charge in [0.25, 0.3) is 0 Å². The summed E-state index contributed by atoms with van der Waals surface area (Å²) >= 11 is 0. The molecule has 0 saturated carbocycles. The first-order chi connectivity index (χ1) is 8.66. The molecule has 1 aromatic rings. The SMILES string of the molecule is CN1CCN(C(=O)CN(C)c2ncccn2)CC1. The molecule has 0 N–H and O–H groups in total. The van der Waals surface area contributed by atoms with E-state index in [1.54, 1.807) is 23.4 Å². The Kier molecular flexibility index (Phi) is 4.09. The number of rotatable bonds is 3. The molecule has 0 unspecified atom stereocenters. The van der Waals surface area contributed by atoms with Gasteiger partial charge in [0.2, 0.25) is 11.9 Å². The minimum atomic E-state index is 0.137. The average molecular weight is 249 g/mol. The molecule has 1 aliphatic rings. The molecule has 0 bridgehead atoms. The van der Waals surface area contributed by atoms with Crippen LogP contribution < -0.4 is 4.90 Å². The molecule has 1 aromatic heterocycles. The summed E-state index contributed by atoms with van der Waals surface area (Å²) in [6.45, 7) is 3.82. The summed E-state index contributed by atoms with van der Waals surface area (Å²) in [7, 11) is 3.91. The normalized spacial score (nSPS) is 16.7. The monoisotopic (exact) mass is 249 g/mol. The highest BCUT2D eigenvalue weighted by molar-refractivity contribution is 5.80. The van der Waals surface area contributed by atoms with Crippen molar-refractivity contribution < 1.29 is 4.79 Å². The number of carbonyl (C=O) groups excluding carboxylic acids is 1. The summed E-state index contributed by atoms with van der Waals surface area (Å²) < 4.78 is 0. The van der Waals surface area contributed by atoms with E-state index in [0.29, 0.717) is 12.5 Å². The van der Waals surface area contributed by atoms with Crippen molar-refractivity contribution in [2.45, 2.75) is 0 Å². The van der Waals surface area contributed by atoms with Gasteiger partial charge in [-0.25, -0.2) is 9.97 Å². The van der Waals surface area contributed by atoms with Gasteiger partial charge in [-0.05, 0) is 13.1 Å². The Morgan fingerprint density at radius 3 is 2.50 bits per heavy atom. The van der Waals surface area contributed by atoms with Gasteiger partial charge in [0, 0.05) is 45.6 Å². The summed E-state index contributed by atoms with van der Waals surface area (Å²) in [4.78, 5) is 26.3. The van der Waals surface area contributed by atoms with E-state index in [4.69, 9.17) is 0 Å². The van der Waals surface area contributed by atoms with Gasteiger partial charge >= 0.3 is 0 Å². The molecule has 0 radical (unpaired) electrons. The molecule has 6 heteroatoms. The second-order valence-electron chi connectivity index (χ2n) is 4.59. The predicted octanol–water partition coefficient (Wildman–Crippen LogP) is -0.313. The highest BCUT2D eigenvalue weighted by Gasteiger charge is 2.20. The third-order valence-electron chi connectivity index (χ3n) is 3.12. The van der Waals surface area contributed by atoms with Crippen molar-refractivity contribution in [1.29, 1.82) is 0 Å². The smallest absolute Gasteiger partial charge is 0.242 e. The first kappa shape index (κ1) is 12.8. The van der Waals surface area contributed by atoms with E-state index in [-0.39, 0.29) is 5.91 Å². The van der Waals surface area contributed by atoms with Crippen LogP contribution in [0.4, 0.5) is 5.95 Å². The third-order valence-corrected chi connectivity index (χ3v) is 3.12. The zero-order valence-electron chi connectivity index (χ0n) is 10.9. The van der Waals surface area contributed by atoms with Crippen LogP contribution in [0, 0.1) is 0 Å². The zero-order valence-corrected chi connectivity index (χ0v) is 10.9. The Morgan fingerprint density at radius 2 is 1.89 bits per heavy atom. The van der Waals surface area contributed by atoms with Crippen molar-refractivity contribution in [2.24, 2.45) is 0 Å². The summed E-state index contributed by atoms with van der Waals surface area (Å²) in [6, 6.07) is 1.76. The Hall–Kier alpha value is -1.69. The zero-order chi connectivity index (χ0) is 13.0. The largest absolute Gasteiger partial charge is 0.339 e. The highest BCUT2D eigenvalue weighted by Crippen LogP contribution is 2.04. The average Bonchev–Trinajstić information content (AvgIpc) is 2.40. The molecule has 0 atom stereocenters. The van der Waals surface area contributed by atoms with E-state index in [0.717, 1.165) is 26.2 Å². The van der Waals surface area contributed by atoms with E-state index in [1.165, 1.54) is 0 Å². The van der Waals surface area contributed by atoms with Crippen molar-refractivity contribution in [3.05, 3.63) is 18.5 Å². The molecule has 2 rings (SSSR count). The second kappa shape index (κ2) is 5.77. The van der Waals surface area contributed by atoms with Crippen molar-refractivity contribution in [3.63, 3.8) is 0 Å². The lowest BCUT2D eigenvalue weighted by Crippen LogP contribution is -2.49. The molecule has 0 aliphatic carbocycles. The van der Waals surface area contributed by atoms with E-state index in [9.17, 15) is 4.79 Å². The molecule has 1 amide bonds. The fourth-order valence-corrected chi connectivity index (χ4v) is 1.92. The summed E-state index contributed by atoms with van der Waals surface area (Å²) in [5.41, 5.74) is 0. The van der Waals surface area contributed by atoms with Crippen LogP contribution in [0.15, 0.2) is 18.5 Å². The predicted molar refractivity (Wildman–Crippen MR) is 69.4 cm³/mol. The molecule has 1 saturated heterocycles.